The van der Waals surface area contributed by atoms with E-state index < -0.39 is 0 Å². The topological polar surface area (TPSA) is 61.9 Å². The van der Waals surface area contributed by atoms with Crippen LogP contribution in [0.5, 0.6) is 5.75 Å². The van der Waals surface area contributed by atoms with Gasteiger partial charge in [0.05, 0.1) is 12.1 Å². The summed E-state index contributed by atoms with van der Waals surface area (Å²) in [6, 6.07) is 7.18. The Balaban J connectivity index is 1.70. The first kappa shape index (κ1) is 13.9. The highest BCUT2D eigenvalue weighted by molar-refractivity contribution is 5.99. The van der Waals surface area contributed by atoms with Crippen LogP contribution in [0, 0.1) is 0 Å². The summed E-state index contributed by atoms with van der Waals surface area (Å²) in [4.78, 5) is 28.2. The second-order valence-electron chi connectivity index (χ2n) is 5.20. The number of para-hydroxylation sites is 1. The fourth-order valence-corrected chi connectivity index (χ4v) is 2.64. The number of hydrogen-bond acceptors (Lipinski definition) is 4. The number of rotatable bonds is 2. The van der Waals surface area contributed by atoms with Gasteiger partial charge in [-0.1, -0.05) is 12.1 Å². The van der Waals surface area contributed by atoms with Gasteiger partial charge in [0.2, 0.25) is 5.91 Å². The Morgan fingerprint density at radius 1 is 1.19 bits per heavy atom. The molecule has 0 bridgehead atoms. The predicted molar refractivity (Wildman–Crippen MR) is 77.3 cm³/mol. The summed E-state index contributed by atoms with van der Waals surface area (Å²) >= 11 is 0. The number of benzene rings is 1. The van der Waals surface area contributed by atoms with Crippen LogP contribution < -0.4 is 10.1 Å². The van der Waals surface area contributed by atoms with E-state index in [1.807, 2.05) is 12.1 Å². The molecule has 3 rings (SSSR count). The van der Waals surface area contributed by atoms with E-state index in [0.29, 0.717) is 37.6 Å². The van der Waals surface area contributed by atoms with Crippen LogP contribution in [0.15, 0.2) is 24.3 Å². The van der Waals surface area contributed by atoms with Gasteiger partial charge in [-0.25, -0.2) is 0 Å². The van der Waals surface area contributed by atoms with Crippen LogP contribution in [-0.2, 0) is 4.79 Å². The molecule has 0 aromatic heterocycles. The zero-order valence-corrected chi connectivity index (χ0v) is 11.9. The molecule has 21 heavy (non-hydrogen) atoms. The lowest BCUT2D eigenvalue weighted by molar-refractivity contribution is -0.132. The molecular formula is C15H19N3O3. The minimum Gasteiger partial charge on any atom is -0.491 e. The Bertz CT molecular complexity index is 541. The standard InChI is InChI=1S/C15H19N3O3/c19-14(17-7-5-16-6-8-17)11-18-9-10-21-13-4-2-1-3-12(13)15(18)20/h1-4,16H,5-11H2. The Labute approximate surface area is 123 Å². The van der Waals surface area contributed by atoms with Crippen molar-refractivity contribution in [3.05, 3.63) is 29.8 Å². The molecule has 0 saturated carbocycles. The molecule has 2 aliphatic rings. The number of carbonyl (C=O) groups is 2. The van der Waals surface area contributed by atoms with Crippen LogP contribution in [0.1, 0.15) is 10.4 Å². The van der Waals surface area contributed by atoms with E-state index >= 15 is 0 Å². The van der Waals surface area contributed by atoms with Gasteiger partial charge in [0.15, 0.2) is 0 Å². The van der Waals surface area contributed by atoms with Crippen molar-refractivity contribution in [3.63, 3.8) is 0 Å². The second-order valence-corrected chi connectivity index (χ2v) is 5.20. The molecule has 0 radical (unpaired) electrons. The summed E-state index contributed by atoms with van der Waals surface area (Å²) in [5.41, 5.74) is 0.531. The van der Waals surface area contributed by atoms with Crippen molar-refractivity contribution >= 4 is 11.8 Å². The smallest absolute Gasteiger partial charge is 0.258 e. The molecule has 1 N–H and O–H groups in total. The number of piperazine rings is 1. The van der Waals surface area contributed by atoms with E-state index in [0.717, 1.165) is 13.1 Å². The van der Waals surface area contributed by atoms with Gasteiger partial charge in [0, 0.05) is 26.2 Å². The lowest BCUT2D eigenvalue weighted by Crippen LogP contribution is -2.50. The molecule has 1 aromatic carbocycles. The van der Waals surface area contributed by atoms with E-state index in [1.54, 1.807) is 21.9 Å². The van der Waals surface area contributed by atoms with Crippen LogP contribution in [0.2, 0.25) is 0 Å². The van der Waals surface area contributed by atoms with Crippen LogP contribution in [0.4, 0.5) is 0 Å². The van der Waals surface area contributed by atoms with Crippen molar-refractivity contribution in [2.45, 2.75) is 0 Å². The second kappa shape index (κ2) is 6.13. The lowest BCUT2D eigenvalue weighted by Gasteiger charge is -2.29. The number of nitrogens with one attached hydrogen (secondary N) is 1. The molecule has 6 heteroatoms. The fourth-order valence-electron chi connectivity index (χ4n) is 2.64. The molecule has 0 spiro atoms. The third-order valence-electron chi connectivity index (χ3n) is 3.82. The van der Waals surface area contributed by atoms with Gasteiger partial charge in [-0.3, -0.25) is 9.59 Å². The Kier molecular flexibility index (Phi) is 4.06. The number of hydrogen-bond donors (Lipinski definition) is 1. The van der Waals surface area contributed by atoms with Gasteiger partial charge in [-0.05, 0) is 12.1 Å². The Hall–Kier alpha value is -2.08. The van der Waals surface area contributed by atoms with Gasteiger partial charge >= 0.3 is 0 Å². The molecule has 2 heterocycles. The van der Waals surface area contributed by atoms with Crippen molar-refractivity contribution in [2.24, 2.45) is 0 Å². The molecule has 0 aliphatic carbocycles. The molecule has 1 aromatic rings. The molecule has 112 valence electrons. The largest absolute Gasteiger partial charge is 0.491 e. The van der Waals surface area contributed by atoms with Crippen LogP contribution in [0.3, 0.4) is 0 Å². The van der Waals surface area contributed by atoms with Crippen molar-refractivity contribution < 1.29 is 14.3 Å². The fraction of sp³-hybridized carbons (Fsp3) is 0.467. The molecule has 0 atom stereocenters. The maximum Gasteiger partial charge on any atom is 0.258 e. The van der Waals surface area contributed by atoms with E-state index in [4.69, 9.17) is 4.74 Å². The highest BCUT2D eigenvalue weighted by Crippen LogP contribution is 2.22. The highest BCUT2D eigenvalue weighted by atomic mass is 16.5. The van der Waals surface area contributed by atoms with Crippen LogP contribution >= 0.6 is 0 Å². The summed E-state index contributed by atoms with van der Waals surface area (Å²) in [6.45, 7) is 4.00. The normalized spacial score (nSPS) is 18.8. The summed E-state index contributed by atoms with van der Waals surface area (Å²) in [5, 5.41) is 3.21. The summed E-state index contributed by atoms with van der Waals surface area (Å²) in [6.07, 6.45) is 0. The summed E-state index contributed by atoms with van der Waals surface area (Å²) < 4.78 is 5.58. The average molecular weight is 289 g/mol. The van der Waals surface area contributed by atoms with Crippen LogP contribution in [-0.4, -0.2) is 67.5 Å². The number of carbonyl (C=O) groups excluding carboxylic acids is 2. The van der Waals surface area contributed by atoms with E-state index in [1.165, 1.54) is 0 Å². The third kappa shape index (κ3) is 3.00. The molecule has 1 saturated heterocycles. The quantitative estimate of drug-likeness (QED) is 0.829. The van der Waals surface area contributed by atoms with E-state index in [-0.39, 0.29) is 18.4 Å². The Morgan fingerprint density at radius 3 is 2.76 bits per heavy atom. The Morgan fingerprint density at radius 2 is 1.95 bits per heavy atom. The molecule has 1 fully saturated rings. The van der Waals surface area contributed by atoms with Gasteiger partial charge < -0.3 is 19.9 Å². The first-order valence-electron chi connectivity index (χ1n) is 7.25. The molecule has 6 nitrogen and oxygen atoms in total. The molecule has 2 aliphatic heterocycles. The summed E-state index contributed by atoms with van der Waals surface area (Å²) in [7, 11) is 0. The highest BCUT2D eigenvalue weighted by Gasteiger charge is 2.26. The molecule has 0 unspecified atom stereocenters. The van der Waals surface area contributed by atoms with Gasteiger partial charge in [-0.15, -0.1) is 0 Å². The maximum absolute atomic E-state index is 12.5. The minimum atomic E-state index is -0.133. The summed E-state index contributed by atoms with van der Waals surface area (Å²) in [5.74, 6) is 0.468. The first-order valence-corrected chi connectivity index (χ1v) is 7.25. The average Bonchev–Trinajstić information content (AvgIpc) is 2.69. The van der Waals surface area contributed by atoms with Crippen molar-refractivity contribution in [1.82, 2.24) is 15.1 Å². The monoisotopic (exact) mass is 289 g/mol. The molecule has 2 amide bonds. The SMILES string of the molecule is O=C(CN1CCOc2ccccc2C1=O)N1CCNCC1. The molecular weight excluding hydrogens is 270 g/mol. The maximum atomic E-state index is 12.5. The predicted octanol–water partition coefficient (Wildman–Crippen LogP) is -0.0470. The van der Waals surface area contributed by atoms with Gasteiger partial charge in [0.25, 0.3) is 5.91 Å². The van der Waals surface area contributed by atoms with Crippen molar-refractivity contribution in [1.29, 1.82) is 0 Å². The number of nitrogens with zero attached hydrogens (tertiary/aromatic N) is 2. The van der Waals surface area contributed by atoms with Gasteiger partial charge in [0.1, 0.15) is 18.9 Å². The van der Waals surface area contributed by atoms with Crippen LogP contribution in [0.25, 0.3) is 0 Å². The number of ether oxygens (including phenoxy) is 1. The third-order valence-corrected chi connectivity index (χ3v) is 3.82. The number of fused-ring (bicyclic) bond motifs is 1. The van der Waals surface area contributed by atoms with Crippen molar-refractivity contribution in [2.75, 3.05) is 45.9 Å². The first-order chi connectivity index (χ1) is 10.3. The van der Waals surface area contributed by atoms with Crippen molar-refractivity contribution in [3.8, 4) is 5.75 Å². The van der Waals surface area contributed by atoms with Gasteiger partial charge in [-0.2, -0.15) is 0 Å². The minimum absolute atomic E-state index is 0.00392. The zero-order chi connectivity index (χ0) is 14.7. The lowest BCUT2D eigenvalue weighted by atomic mass is 10.2. The number of amides is 2. The van der Waals surface area contributed by atoms with E-state index in [2.05, 4.69) is 5.32 Å². The van der Waals surface area contributed by atoms with E-state index in [9.17, 15) is 9.59 Å². The zero-order valence-electron chi connectivity index (χ0n) is 11.9.